The fourth-order valence-electron chi connectivity index (χ4n) is 2.31. The van der Waals surface area contributed by atoms with E-state index < -0.39 is 10.1 Å². The molecule has 3 aromatic carbocycles. The van der Waals surface area contributed by atoms with E-state index in [2.05, 4.69) is 4.99 Å². The number of hydrogen-bond acceptors (Lipinski definition) is 5. The molecule has 0 unspecified atom stereocenters. The van der Waals surface area contributed by atoms with Crippen molar-refractivity contribution in [2.75, 3.05) is 7.11 Å². The predicted octanol–water partition coefficient (Wildman–Crippen LogP) is 6.17. The Morgan fingerprint density at radius 1 is 0.897 bits per heavy atom. The minimum Gasteiger partial charge on any atom is -0.497 e. The summed E-state index contributed by atoms with van der Waals surface area (Å²) in [7, 11) is -2.54. The minimum atomic E-state index is -4.12. The molecule has 29 heavy (non-hydrogen) atoms. The summed E-state index contributed by atoms with van der Waals surface area (Å²) in [5.74, 6) is 0.559. The molecule has 0 atom stereocenters. The SMILES string of the molecule is COc1ccc(N=Cc2cc(Cl)c(OS(=O)(=O)c3ccc(Cl)cc3)c(Cl)c2)cc1. The number of aliphatic imine (C=N–C) groups is 1. The third-order valence-electron chi connectivity index (χ3n) is 3.75. The van der Waals surface area contributed by atoms with Crippen molar-refractivity contribution in [3.05, 3.63) is 81.3 Å². The maximum absolute atomic E-state index is 12.4. The Bertz CT molecular complexity index is 1120. The highest BCUT2D eigenvalue weighted by Gasteiger charge is 2.21. The van der Waals surface area contributed by atoms with Crippen molar-refractivity contribution in [2.24, 2.45) is 4.99 Å². The van der Waals surface area contributed by atoms with Gasteiger partial charge in [-0.15, -0.1) is 0 Å². The van der Waals surface area contributed by atoms with Gasteiger partial charge in [-0.3, -0.25) is 4.99 Å². The number of rotatable bonds is 6. The molecule has 0 spiro atoms. The van der Waals surface area contributed by atoms with Crippen LogP contribution in [0.2, 0.25) is 15.1 Å². The van der Waals surface area contributed by atoms with Gasteiger partial charge in [0.1, 0.15) is 10.6 Å². The molecule has 0 aliphatic heterocycles. The van der Waals surface area contributed by atoms with Crippen molar-refractivity contribution < 1.29 is 17.3 Å². The normalized spacial score (nSPS) is 11.6. The number of methoxy groups -OCH3 is 1. The molecule has 0 bridgehead atoms. The second kappa shape index (κ2) is 9.05. The summed E-state index contributed by atoms with van der Waals surface area (Å²) in [5.41, 5.74) is 1.27. The third kappa shape index (κ3) is 5.42. The van der Waals surface area contributed by atoms with E-state index in [9.17, 15) is 8.42 Å². The van der Waals surface area contributed by atoms with Crippen LogP contribution >= 0.6 is 34.8 Å². The quantitative estimate of drug-likeness (QED) is 0.319. The first-order valence-electron chi connectivity index (χ1n) is 8.16. The van der Waals surface area contributed by atoms with Crippen LogP contribution in [0.5, 0.6) is 11.5 Å². The lowest BCUT2D eigenvalue weighted by molar-refractivity contribution is 0.415. The van der Waals surface area contributed by atoms with Crippen LogP contribution in [0, 0.1) is 0 Å². The first-order chi connectivity index (χ1) is 13.8. The Balaban J connectivity index is 1.83. The van der Waals surface area contributed by atoms with Gasteiger partial charge < -0.3 is 8.92 Å². The molecule has 0 heterocycles. The molecule has 3 aromatic rings. The molecule has 3 rings (SSSR count). The van der Waals surface area contributed by atoms with E-state index in [4.69, 9.17) is 43.7 Å². The summed E-state index contributed by atoms with van der Waals surface area (Å²) in [6.45, 7) is 0. The Kier molecular flexibility index (Phi) is 6.70. The molecule has 0 N–H and O–H groups in total. The highest BCUT2D eigenvalue weighted by molar-refractivity contribution is 7.87. The molecule has 0 saturated carbocycles. The van der Waals surface area contributed by atoms with Gasteiger partial charge in [0.25, 0.3) is 0 Å². The molecule has 0 fully saturated rings. The molecule has 9 heteroatoms. The molecule has 0 saturated heterocycles. The molecule has 0 amide bonds. The maximum Gasteiger partial charge on any atom is 0.339 e. The maximum atomic E-state index is 12.4. The monoisotopic (exact) mass is 469 g/mol. The molecular weight excluding hydrogens is 457 g/mol. The fraction of sp³-hybridized carbons (Fsp3) is 0.0500. The van der Waals surface area contributed by atoms with Gasteiger partial charge in [-0.05, 0) is 66.2 Å². The second-order valence-electron chi connectivity index (χ2n) is 5.76. The van der Waals surface area contributed by atoms with Crippen LogP contribution in [0.3, 0.4) is 0 Å². The number of nitrogens with zero attached hydrogens (tertiary/aromatic N) is 1. The summed E-state index contributed by atoms with van der Waals surface area (Å²) >= 11 is 18.2. The van der Waals surface area contributed by atoms with E-state index in [0.29, 0.717) is 16.3 Å². The number of hydrogen-bond donors (Lipinski definition) is 0. The van der Waals surface area contributed by atoms with Gasteiger partial charge in [0.2, 0.25) is 0 Å². The molecule has 0 aliphatic carbocycles. The molecule has 150 valence electrons. The van der Waals surface area contributed by atoms with Gasteiger partial charge in [-0.2, -0.15) is 8.42 Å². The molecule has 0 radical (unpaired) electrons. The fourth-order valence-corrected chi connectivity index (χ4v) is 4.07. The van der Waals surface area contributed by atoms with Crippen molar-refractivity contribution in [3.8, 4) is 11.5 Å². The summed E-state index contributed by atoms with van der Waals surface area (Å²) in [6.07, 6.45) is 1.55. The topological polar surface area (TPSA) is 65.0 Å². The average molecular weight is 471 g/mol. The first-order valence-corrected chi connectivity index (χ1v) is 10.7. The van der Waals surface area contributed by atoms with E-state index in [1.165, 1.54) is 36.4 Å². The summed E-state index contributed by atoms with van der Waals surface area (Å²) in [4.78, 5) is 4.25. The van der Waals surface area contributed by atoms with Crippen LogP contribution in [-0.4, -0.2) is 21.7 Å². The third-order valence-corrected chi connectivity index (χ3v) is 5.80. The smallest absolute Gasteiger partial charge is 0.339 e. The van der Waals surface area contributed by atoms with Crippen LogP contribution in [-0.2, 0) is 10.1 Å². The van der Waals surface area contributed by atoms with Gasteiger partial charge in [-0.25, -0.2) is 0 Å². The largest absolute Gasteiger partial charge is 0.497 e. The highest BCUT2D eigenvalue weighted by atomic mass is 35.5. The number of halogens is 3. The Morgan fingerprint density at radius 3 is 2.03 bits per heavy atom. The van der Waals surface area contributed by atoms with Crippen molar-refractivity contribution in [1.29, 1.82) is 0 Å². The highest BCUT2D eigenvalue weighted by Crippen LogP contribution is 2.36. The molecule has 0 aliphatic rings. The number of ether oxygens (including phenoxy) is 1. The predicted molar refractivity (Wildman–Crippen MR) is 116 cm³/mol. The molecule has 5 nitrogen and oxygen atoms in total. The van der Waals surface area contributed by atoms with E-state index >= 15 is 0 Å². The van der Waals surface area contributed by atoms with E-state index in [1.54, 1.807) is 37.6 Å². The average Bonchev–Trinajstić information content (AvgIpc) is 2.70. The van der Waals surface area contributed by atoms with Crippen LogP contribution in [0.4, 0.5) is 5.69 Å². The zero-order valence-electron chi connectivity index (χ0n) is 15.0. The standard InChI is InChI=1S/C20H14Cl3NO4S/c1-27-16-6-4-15(5-7-16)24-12-13-10-18(22)20(19(23)11-13)28-29(25,26)17-8-2-14(21)3-9-17/h2-12H,1H3. The summed E-state index contributed by atoms with van der Waals surface area (Å²) in [6, 6.07) is 15.7. The lowest BCUT2D eigenvalue weighted by Crippen LogP contribution is -2.10. The summed E-state index contributed by atoms with van der Waals surface area (Å²) < 4.78 is 35.1. The van der Waals surface area contributed by atoms with Gasteiger partial charge in [0.15, 0.2) is 5.75 Å². The van der Waals surface area contributed by atoms with Crippen molar-refractivity contribution in [2.45, 2.75) is 4.90 Å². The lowest BCUT2D eigenvalue weighted by Gasteiger charge is -2.11. The van der Waals surface area contributed by atoms with E-state index in [1.807, 2.05) is 0 Å². The minimum absolute atomic E-state index is 0.0335. The van der Waals surface area contributed by atoms with Gasteiger partial charge >= 0.3 is 10.1 Å². The van der Waals surface area contributed by atoms with Crippen LogP contribution < -0.4 is 8.92 Å². The van der Waals surface area contributed by atoms with E-state index in [0.717, 1.165) is 5.75 Å². The van der Waals surface area contributed by atoms with Gasteiger partial charge in [0.05, 0.1) is 22.8 Å². The lowest BCUT2D eigenvalue weighted by atomic mass is 10.2. The van der Waals surface area contributed by atoms with Crippen molar-refractivity contribution >= 4 is 56.8 Å². The number of benzene rings is 3. The zero-order chi connectivity index (χ0) is 21.0. The van der Waals surface area contributed by atoms with Crippen LogP contribution in [0.15, 0.2) is 70.6 Å². The molecule has 0 aromatic heterocycles. The van der Waals surface area contributed by atoms with Crippen LogP contribution in [0.25, 0.3) is 0 Å². The molecular formula is C20H14Cl3NO4S. The van der Waals surface area contributed by atoms with Gasteiger partial charge in [-0.1, -0.05) is 34.8 Å². The van der Waals surface area contributed by atoms with Crippen molar-refractivity contribution in [3.63, 3.8) is 0 Å². The Morgan fingerprint density at radius 2 is 1.48 bits per heavy atom. The summed E-state index contributed by atoms with van der Waals surface area (Å²) in [5, 5.41) is 0.470. The zero-order valence-corrected chi connectivity index (χ0v) is 18.1. The Labute approximate surface area is 183 Å². The Hall–Kier alpha value is -2.25. The van der Waals surface area contributed by atoms with Crippen LogP contribution in [0.1, 0.15) is 5.56 Å². The van der Waals surface area contributed by atoms with E-state index in [-0.39, 0.29) is 20.7 Å². The van der Waals surface area contributed by atoms with Crippen molar-refractivity contribution in [1.82, 2.24) is 0 Å². The first kappa shape index (κ1) is 21.5. The second-order valence-corrected chi connectivity index (χ2v) is 8.56. The van der Waals surface area contributed by atoms with Gasteiger partial charge in [0, 0.05) is 11.2 Å².